The lowest BCUT2D eigenvalue weighted by molar-refractivity contribution is -0.187. The second kappa shape index (κ2) is 6.40. The fourth-order valence-corrected chi connectivity index (χ4v) is 2.77. The summed E-state index contributed by atoms with van der Waals surface area (Å²) < 4.78 is 52.2. The molecular weight excluding hydrogens is 335 g/mol. The number of alkyl halides is 5. The molecule has 0 amide bonds. The third-order valence-electron chi connectivity index (χ3n) is 2.48. The molecular formula is C11H19F4I. The highest BCUT2D eigenvalue weighted by atomic mass is 127. The third kappa shape index (κ3) is 7.68. The number of hydrogen-bond donors (Lipinski definition) is 0. The molecule has 0 spiro atoms. The van der Waals surface area contributed by atoms with Gasteiger partial charge < -0.3 is 0 Å². The van der Waals surface area contributed by atoms with Crippen LogP contribution in [0.15, 0.2) is 0 Å². The van der Waals surface area contributed by atoms with Gasteiger partial charge in [-0.15, -0.1) is 0 Å². The lowest BCUT2D eigenvalue weighted by Crippen LogP contribution is -2.31. The average molecular weight is 354 g/mol. The SMILES string of the molecule is CC(CCI)CC(CC(C)(C)F)C(F)(F)F. The predicted octanol–water partition coefficient (Wildman–Crippen LogP) is 5.15. The first kappa shape index (κ1) is 16.4. The van der Waals surface area contributed by atoms with Crippen molar-refractivity contribution in [3.63, 3.8) is 0 Å². The summed E-state index contributed by atoms with van der Waals surface area (Å²) >= 11 is 2.14. The van der Waals surface area contributed by atoms with E-state index < -0.39 is 24.2 Å². The Morgan fingerprint density at radius 3 is 1.94 bits per heavy atom. The molecule has 0 nitrogen and oxygen atoms in total. The maximum Gasteiger partial charge on any atom is 0.391 e. The third-order valence-corrected chi connectivity index (χ3v) is 3.11. The quantitative estimate of drug-likeness (QED) is 0.351. The van der Waals surface area contributed by atoms with Gasteiger partial charge in [-0.3, -0.25) is 0 Å². The van der Waals surface area contributed by atoms with Gasteiger partial charge in [-0.05, 0) is 43.5 Å². The highest BCUT2D eigenvalue weighted by Gasteiger charge is 2.42. The van der Waals surface area contributed by atoms with Crippen molar-refractivity contribution in [3.8, 4) is 0 Å². The van der Waals surface area contributed by atoms with Crippen LogP contribution in [0.1, 0.15) is 40.0 Å². The van der Waals surface area contributed by atoms with Gasteiger partial charge in [0.2, 0.25) is 0 Å². The van der Waals surface area contributed by atoms with Crippen LogP contribution in [0.2, 0.25) is 0 Å². The topological polar surface area (TPSA) is 0 Å². The molecule has 0 saturated carbocycles. The van der Waals surface area contributed by atoms with E-state index in [2.05, 4.69) is 22.6 Å². The first-order chi connectivity index (χ1) is 7.06. The second-order valence-electron chi connectivity index (χ2n) is 4.98. The van der Waals surface area contributed by atoms with Gasteiger partial charge in [0.15, 0.2) is 0 Å². The van der Waals surface area contributed by atoms with E-state index in [1.807, 2.05) is 0 Å². The van der Waals surface area contributed by atoms with Crippen LogP contribution in [-0.2, 0) is 0 Å². The van der Waals surface area contributed by atoms with Crippen molar-refractivity contribution in [3.05, 3.63) is 0 Å². The van der Waals surface area contributed by atoms with Gasteiger partial charge in [-0.25, -0.2) is 4.39 Å². The molecule has 0 aliphatic heterocycles. The van der Waals surface area contributed by atoms with E-state index in [1.165, 1.54) is 13.8 Å². The molecule has 0 heterocycles. The molecule has 5 heteroatoms. The molecule has 2 unspecified atom stereocenters. The minimum absolute atomic E-state index is 0.00845. The van der Waals surface area contributed by atoms with E-state index >= 15 is 0 Å². The van der Waals surface area contributed by atoms with Gasteiger partial charge in [0.05, 0.1) is 5.92 Å². The van der Waals surface area contributed by atoms with E-state index in [-0.39, 0.29) is 12.3 Å². The first-order valence-corrected chi connectivity index (χ1v) is 6.90. The summed E-state index contributed by atoms with van der Waals surface area (Å²) in [6, 6.07) is 0. The maximum absolute atomic E-state index is 13.3. The molecule has 0 aromatic heterocycles. The Morgan fingerprint density at radius 2 is 1.62 bits per heavy atom. The van der Waals surface area contributed by atoms with Crippen molar-refractivity contribution in [1.29, 1.82) is 0 Å². The predicted molar refractivity (Wildman–Crippen MR) is 66.6 cm³/mol. The number of hydrogen-bond acceptors (Lipinski definition) is 0. The van der Waals surface area contributed by atoms with Crippen molar-refractivity contribution < 1.29 is 17.6 Å². The van der Waals surface area contributed by atoms with Gasteiger partial charge in [-0.1, -0.05) is 29.5 Å². The van der Waals surface area contributed by atoms with E-state index in [9.17, 15) is 17.6 Å². The molecule has 0 aromatic carbocycles. The molecule has 0 rings (SSSR count). The van der Waals surface area contributed by atoms with E-state index in [0.717, 1.165) is 10.8 Å². The minimum Gasteiger partial charge on any atom is -0.244 e. The molecule has 98 valence electrons. The van der Waals surface area contributed by atoms with Gasteiger partial charge >= 0.3 is 6.18 Å². The Balaban J connectivity index is 4.45. The Kier molecular flexibility index (Phi) is 6.58. The van der Waals surface area contributed by atoms with E-state index in [1.54, 1.807) is 6.92 Å². The average Bonchev–Trinajstić information content (AvgIpc) is 1.98. The zero-order chi connectivity index (χ0) is 13.0. The smallest absolute Gasteiger partial charge is 0.244 e. The molecule has 0 fully saturated rings. The Labute approximate surface area is 108 Å². The fraction of sp³-hybridized carbons (Fsp3) is 1.00. The zero-order valence-corrected chi connectivity index (χ0v) is 12.0. The molecule has 0 radical (unpaired) electrons. The fourth-order valence-electron chi connectivity index (χ4n) is 1.71. The molecule has 0 N–H and O–H groups in total. The Hall–Kier alpha value is 0.450. The maximum atomic E-state index is 13.3. The van der Waals surface area contributed by atoms with Crippen LogP contribution in [0.4, 0.5) is 17.6 Å². The summed E-state index contributed by atoms with van der Waals surface area (Å²) in [5, 5.41) is 0. The van der Waals surface area contributed by atoms with Crippen molar-refractivity contribution in [2.45, 2.75) is 51.9 Å². The van der Waals surface area contributed by atoms with Crippen LogP contribution >= 0.6 is 22.6 Å². The summed E-state index contributed by atoms with van der Waals surface area (Å²) in [6.07, 6.45) is -3.95. The summed E-state index contributed by atoms with van der Waals surface area (Å²) in [7, 11) is 0. The molecule has 0 saturated heterocycles. The van der Waals surface area contributed by atoms with Gasteiger partial charge in [0.25, 0.3) is 0 Å². The minimum atomic E-state index is -4.29. The first-order valence-electron chi connectivity index (χ1n) is 5.38. The molecule has 0 bridgehead atoms. The lowest BCUT2D eigenvalue weighted by Gasteiger charge is -2.27. The van der Waals surface area contributed by atoms with Gasteiger partial charge in [-0.2, -0.15) is 13.2 Å². The van der Waals surface area contributed by atoms with Crippen LogP contribution in [-0.4, -0.2) is 16.3 Å². The summed E-state index contributed by atoms with van der Waals surface area (Å²) in [5.41, 5.74) is -1.76. The summed E-state index contributed by atoms with van der Waals surface area (Å²) in [4.78, 5) is 0. The summed E-state index contributed by atoms with van der Waals surface area (Å²) in [6.45, 7) is 4.20. The van der Waals surface area contributed by atoms with Gasteiger partial charge in [0.1, 0.15) is 5.67 Å². The Bertz CT molecular complexity index is 195. The van der Waals surface area contributed by atoms with Crippen molar-refractivity contribution in [2.75, 3.05) is 4.43 Å². The van der Waals surface area contributed by atoms with Crippen LogP contribution in [0.25, 0.3) is 0 Å². The van der Waals surface area contributed by atoms with Crippen molar-refractivity contribution >= 4 is 22.6 Å². The zero-order valence-electron chi connectivity index (χ0n) is 9.87. The van der Waals surface area contributed by atoms with Crippen molar-refractivity contribution in [2.24, 2.45) is 11.8 Å². The lowest BCUT2D eigenvalue weighted by atomic mass is 9.86. The van der Waals surface area contributed by atoms with Gasteiger partial charge in [0, 0.05) is 0 Å². The number of rotatable bonds is 6. The second-order valence-corrected chi connectivity index (χ2v) is 6.06. The normalized spacial score (nSPS) is 17.2. The van der Waals surface area contributed by atoms with Crippen molar-refractivity contribution in [1.82, 2.24) is 0 Å². The molecule has 0 aliphatic carbocycles. The molecule has 2 atom stereocenters. The van der Waals surface area contributed by atoms with E-state index in [0.29, 0.717) is 0 Å². The Morgan fingerprint density at radius 1 is 1.12 bits per heavy atom. The van der Waals surface area contributed by atoms with E-state index in [4.69, 9.17) is 0 Å². The highest BCUT2D eigenvalue weighted by Crippen LogP contribution is 2.38. The standard InChI is InChI=1S/C11H19F4I/c1-8(4-5-16)6-9(11(13,14)15)7-10(2,3)12/h8-9H,4-7H2,1-3H3. The molecule has 0 aliphatic rings. The van der Waals surface area contributed by atoms with Crippen LogP contribution < -0.4 is 0 Å². The largest absolute Gasteiger partial charge is 0.391 e. The van der Waals surface area contributed by atoms with Crippen LogP contribution in [0.3, 0.4) is 0 Å². The highest BCUT2D eigenvalue weighted by molar-refractivity contribution is 14.1. The molecule has 16 heavy (non-hydrogen) atoms. The summed E-state index contributed by atoms with van der Waals surface area (Å²) in [5.74, 6) is -1.53. The van der Waals surface area contributed by atoms with Crippen LogP contribution in [0.5, 0.6) is 0 Å². The molecule has 0 aromatic rings. The monoisotopic (exact) mass is 354 g/mol. The van der Waals surface area contributed by atoms with Crippen LogP contribution in [0, 0.1) is 11.8 Å². The number of halogens is 5.